The number of nitrogens with zero attached hydrogens (tertiary/aromatic N) is 2. The molecule has 0 saturated heterocycles. The molecule has 150 valence electrons. The number of ether oxygens (including phenoxy) is 2. The Balaban J connectivity index is 1.78. The molecular weight excluding hydrogens is 392 g/mol. The summed E-state index contributed by atoms with van der Waals surface area (Å²) in [6.45, 7) is 0.342. The predicted molar refractivity (Wildman–Crippen MR) is 111 cm³/mol. The van der Waals surface area contributed by atoms with Crippen LogP contribution in [-0.4, -0.2) is 36.5 Å². The third-order valence-electron chi connectivity index (χ3n) is 4.32. The van der Waals surface area contributed by atoms with E-state index in [9.17, 15) is 14.9 Å². The number of nitro groups is 1. The summed E-state index contributed by atoms with van der Waals surface area (Å²) in [4.78, 5) is 25.8. The first kappa shape index (κ1) is 20.3. The van der Waals surface area contributed by atoms with Crippen molar-refractivity contribution in [3.63, 3.8) is 0 Å². The van der Waals surface area contributed by atoms with Crippen LogP contribution in [0.1, 0.15) is 4.88 Å². The summed E-state index contributed by atoms with van der Waals surface area (Å²) >= 11 is 1.58. The van der Waals surface area contributed by atoms with Gasteiger partial charge in [-0.3, -0.25) is 14.9 Å². The van der Waals surface area contributed by atoms with Gasteiger partial charge in [0.2, 0.25) is 0 Å². The normalized spacial score (nSPS) is 10.4. The molecule has 0 unspecified atom stereocenters. The lowest BCUT2D eigenvalue weighted by Gasteiger charge is -2.17. The molecule has 2 aromatic carbocycles. The summed E-state index contributed by atoms with van der Waals surface area (Å²) in [6.07, 6.45) is 0. The highest BCUT2D eigenvalue weighted by Crippen LogP contribution is 2.34. The minimum absolute atomic E-state index is 0.0516. The third kappa shape index (κ3) is 5.11. The van der Waals surface area contributed by atoms with Gasteiger partial charge in [0.15, 0.2) is 6.61 Å². The van der Waals surface area contributed by atoms with Crippen molar-refractivity contribution in [2.24, 2.45) is 0 Å². The van der Waals surface area contributed by atoms with Gasteiger partial charge in [-0.05, 0) is 35.2 Å². The molecule has 1 aromatic heterocycles. The topological polar surface area (TPSA) is 81.9 Å². The fraction of sp³-hybridized carbons (Fsp3) is 0.190. The van der Waals surface area contributed by atoms with Crippen molar-refractivity contribution < 1.29 is 19.2 Å². The second kappa shape index (κ2) is 9.20. The van der Waals surface area contributed by atoms with E-state index in [1.54, 1.807) is 54.7 Å². The SMILES string of the molecule is COc1ccc(-c2cc([N+](=O)[O-])ccc2OCC(=O)N(C)Cc2cccs2)cc1. The third-order valence-corrected chi connectivity index (χ3v) is 5.19. The fourth-order valence-electron chi connectivity index (χ4n) is 2.73. The highest BCUT2D eigenvalue weighted by Gasteiger charge is 2.16. The molecule has 0 spiro atoms. The predicted octanol–water partition coefficient (Wildman–Crippen LogP) is 4.37. The summed E-state index contributed by atoms with van der Waals surface area (Å²) in [7, 11) is 3.28. The molecule has 3 aromatic rings. The molecule has 0 aliphatic carbocycles. The molecule has 8 heteroatoms. The van der Waals surface area contributed by atoms with Crippen molar-refractivity contribution in [2.75, 3.05) is 20.8 Å². The largest absolute Gasteiger partial charge is 0.497 e. The van der Waals surface area contributed by atoms with Crippen LogP contribution in [0.2, 0.25) is 0 Å². The maximum absolute atomic E-state index is 12.4. The van der Waals surface area contributed by atoms with Crippen LogP contribution in [0.4, 0.5) is 5.69 Å². The van der Waals surface area contributed by atoms with Gasteiger partial charge in [-0.2, -0.15) is 0 Å². The molecule has 1 amide bonds. The van der Waals surface area contributed by atoms with E-state index in [0.717, 1.165) is 10.4 Å². The van der Waals surface area contributed by atoms with Gasteiger partial charge >= 0.3 is 0 Å². The van der Waals surface area contributed by atoms with Gasteiger partial charge in [-0.15, -0.1) is 11.3 Å². The van der Waals surface area contributed by atoms with Gasteiger partial charge in [0, 0.05) is 29.6 Å². The summed E-state index contributed by atoms with van der Waals surface area (Å²) in [5.41, 5.74) is 1.21. The average molecular weight is 412 g/mol. The van der Waals surface area contributed by atoms with E-state index in [0.29, 0.717) is 23.6 Å². The summed E-state index contributed by atoms with van der Waals surface area (Å²) < 4.78 is 10.9. The van der Waals surface area contributed by atoms with Crippen LogP contribution in [0.25, 0.3) is 11.1 Å². The molecule has 7 nitrogen and oxygen atoms in total. The number of hydrogen-bond donors (Lipinski definition) is 0. The standard InChI is InChI=1S/C21H20N2O5S/c1-22(13-18-4-3-11-29-18)21(24)14-28-20-10-7-16(23(25)26)12-19(20)15-5-8-17(27-2)9-6-15/h3-12H,13-14H2,1-2H3. The van der Waals surface area contributed by atoms with E-state index >= 15 is 0 Å². The Kier molecular flexibility index (Phi) is 6.46. The van der Waals surface area contributed by atoms with Crippen molar-refractivity contribution in [3.8, 4) is 22.6 Å². The van der Waals surface area contributed by atoms with Gasteiger partial charge < -0.3 is 14.4 Å². The minimum Gasteiger partial charge on any atom is -0.497 e. The van der Waals surface area contributed by atoms with Crippen molar-refractivity contribution in [3.05, 3.63) is 75.0 Å². The Morgan fingerprint density at radius 1 is 1.17 bits per heavy atom. The van der Waals surface area contributed by atoms with Gasteiger partial charge in [0.05, 0.1) is 18.6 Å². The number of thiophene rings is 1. The summed E-state index contributed by atoms with van der Waals surface area (Å²) in [6, 6.07) is 15.3. The molecule has 29 heavy (non-hydrogen) atoms. The molecule has 1 heterocycles. The van der Waals surface area contributed by atoms with Gasteiger partial charge in [0.25, 0.3) is 11.6 Å². The quantitative estimate of drug-likeness (QED) is 0.405. The lowest BCUT2D eigenvalue weighted by molar-refractivity contribution is -0.384. The molecule has 0 fully saturated rings. The fourth-order valence-corrected chi connectivity index (χ4v) is 3.48. The lowest BCUT2D eigenvalue weighted by Crippen LogP contribution is -2.30. The maximum atomic E-state index is 12.4. The molecule has 0 aliphatic heterocycles. The van der Waals surface area contributed by atoms with Crippen LogP contribution in [0.3, 0.4) is 0 Å². The summed E-state index contributed by atoms with van der Waals surface area (Å²) in [5.74, 6) is 0.892. The second-order valence-corrected chi connectivity index (χ2v) is 7.32. The van der Waals surface area contributed by atoms with Crippen LogP contribution >= 0.6 is 11.3 Å². The molecule has 0 radical (unpaired) electrons. The number of likely N-dealkylation sites (N-methyl/N-ethyl adjacent to an activating group) is 1. The molecule has 0 saturated carbocycles. The smallest absolute Gasteiger partial charge is 0.270 e. The van der Waals surface area contributed by atoms with E-state index in [-0.39, 0.29) is 18.2 Å². The monoisotopic (exact) mass is 412 g/mol. The zero-order valence-electron chi connectivity index (χ0n) is 16.0. The van der Waals surface area contributed by atoms with Gasteiger partial charge in [-0.25, -0.2) is 0 Å². The number of methoxy groups -OCH3 is 1. The number of non-ortho nitro benzene ring substituents is 1. The van der Waals surface area contributed by atoms with Crippen LogP contribution in [-0.2, 0) is 11.3 Å². The molecule has 0 N–H and O–H groups in total. The van der Waals surface area contributed by atoms with E-state index in [4.69, 9.17) is 9.47 Å². The number of amides is 1. The first-order valence-electron chi connectivity index (χ1n) is 8.80. The number of benzene rings is 2. The number of nitro benzene ring substituents is 1. The summed E-state index contributed by atoms with van der Waals surface area (Å²) in [5, 5.41) is 13.1. The van der Waals surface area contributed by atoms with Crippen LogP contribution in [0.15, 0.2) is 60.0 Å². The van der Waals surface area contributed by atoms with Gasteiger partial charge in [-0.1, -0.05) is 18.2 Å². The first-order valence-corrected chi connectivity index (χ1v) is 9.68. The number of carbonyl (C=O) groups is 1. The first-order chi connectivity index (χ1) is 14.0. The second-order valence-electron chi connectivity index (χ2n) is 6.28. The number of hydrogen-bond acceptors (Lipinski definition) is 6. The Hall–Kier alpha value is -3.39. The van der Waals surface area contributed by atoms with E-state index in [1.165, 1.54) is 18.2 Å². The Labute approximate surface area is 172 Å². The highest BCUT2D eigenvalue weighted by atomic mass is 32.1. The minimum atomic E-state index is -0.462. The zero-order chi connectivity index (χ0) is 20.8. The average Bonchev–Trinajstić information content (AvgIpc) is 3.24. The zero-order valence-corrected chi connectivity index (χ0v) is 16.8. The van der Waals surface area contributed by atoms with Gasteiger partial charge in [0.1, 0.15) is 11.5 Å². The maximum Gasteiger partial charge on any atom is 0.270 e. The Bertz CT molecular complexity index is 987. The molecule has 0 atom stereocenters. The Morgan fingerprint density at radius 3 is 2.55 bits per heavy atom. The lowest BCUT2D eigenvalue weighted by atomic mass is 10.0. The number of carbonyl (C=O) groups excluding carboxylic acids is 1. The van der Waals surface area contributed by atoms with Crippen molar-refractivity contribution >= 4 is 22.9 Å². The van der Waals surface area contributed by atoms with Crippen LogP contribution in [0.5, 0.6) is 11.5 Å². The van der Waals surface area contributed by atoms with Crippen LogP contribution < -0.4 is 9.47 Å². The molecule has 3 rings (SSSR count). The highest BCUT2D eigenvalue weighted by molar-refractivity contribution is 7.09. The van der Waals surface area contributed by atoms with Crippen molar-refractivity contribution in [1.29, 1.82) is 0 Å². The van der Waals surface area contributed by atoms with E-state index < -0.39 is 4.92 Å². The van der Waals surface area contributed by atoms with E-state index in [2.05, 4.69) is 0 Å². The number of rotatable bonds is 8. The Morgan fingerprint density at radius 2 is 1.93 bits per heavy atom. The molecule has 0 bridgehead atoms. The molecular formula is C21H20N2O5S. The van der Waals surface area contributed by atoms with Crippen LogP contribution in [0, 0.1) is 10.1 Å². The van der Waals surface area contributed by atoms with E-state index in [1.807, 2.05) is 17.5 Å². The van der Waals surface area contributed by atoms with Crippen molar-refractivity contribution in [1.82, 2.24) is 4.90 Å². The van der Waals surface area contributed by atoms with Crippen molar-refractivity contribution in [2.45, 2.75) is 6.54 Å². The molecule has 0 aliphatic rings.